The molecule has 3 aromatic rings. The van der Waals surface area contributed by atoms with Crippen molar-refractivity contribution in [1.82, 2.24) is 20.5 Å². The SMILES string of the molecule is Cc1c(CC(=O)N[C@@H](C)c2ccc(C#N)nn2)c(=O)[nH]c2ccc(F)cc12.[HH].[HH]. The molecule has 2 N–H and O–H groups in total. The van der Waals surface area contributed by atoms with Gasteiger partial charge < -0.3 is 10.3 Å². The zero-order valence-corrected chi connectivity index (χ0v) is 14.7. The first kappa shape index (κ1) is 18.2. The fourth-order valence-corrected chi connectivity index (χ4v) is 2.84. The Kier molecular flexibility index (Phi) is 4.94. The lowest BCUT2D eigenvalue weighted by atomic mass is 10.0. The summed E-state index contributed by atoms with van der Waals surface area (Å²) in [4.78, 5) is 27.4. The Hall–Kier alpha value is -3.60. The molecule has 2 aromatic heterocycles. The summed E-state index contributed by atoms with van der Waals surface area (Å²) in [5, 5.41) is 19.7. The van der Waals surface area contributed by atoms with E-state index in [0.717, 1.165) is 0 Å². The molecule has 0 spiro atoms. The molecule has 0 aliphatic rings. The van der Waals surface area contributed by atoms with Crippen LogP contribution in [0.3, 0.4) is 0 Å². The largest absolute Gasteiger partial charge is 0.348 e. The highest BCUT2D eigenvalue weighted by molar-refractivity contribution is 5.85. The van der Waals surface area contributed by atoms with E-state index in [4.69, 9.17) is 5.26 Å². The zero-order chi connectivity index (χ0) is 19.6. The van der Waals surface area contributed by atoms with Crippen molar-refractivity contribution in [1.29, 1.82) is 5.26 Å². The molecule has 7 nitrogen and oxygen atoms in total. The molecule has 140 valence electrons. The van der Waals surface area contributed by atoms with Gasteiger partial charge in [0.1, 0.15) is 11.9 Å². The summed E-state index contributed by atoms with van der Waals surface area (Å²) in [7, 11) is 0. The maximum atomic E-state index is 13.5. The topological polar surface area (TPSA) is 112 Å². The van der Waals surface area contributed by atoms with E-state index in [1.165, 1.54) is 24.3 Å². The lowest BCUT2D eigenvalue weighted by Crippen LogP contribution is -2.31. The Balaban J connectivity index is 0.00000210. The van der Waals surface area contributed by atoms with Crippen LogP contribution in [0.2, 0.25) is 0 Å². The van der Waals surface area contributed by atoms with Crippen LogP contribution in [0.25, 0.3) is 10.9 Å². The number of rotatable bonds is 4. The lowest BCUT2D eigenvalue weighted by molar-refractivity contribution is -0.121. The van der Waals surface area contributed by atoms with Crippen LogP contribution in [0.5, 0.6) is 0 Å². The molecule has 2 heterocycles. The first-order valence-electron chi connectivity index (χ1n) is 8.23. The second-order valence-corrected chi connectivity index (χ2v) is 6.17. The normalized spacial score (nSPS) is 11.8. The summed E-state index contributed by atoms with van der Waals surface area (Å²) < 4.78 is 13.5. The minimum atomic E-state index is -0.449. The minimum Gasteiger partial charge on any atom is -0.348 e. The number of H-pyrrole nitrogens is 1. The van der Waals surface area contributed by atoms with Crippen molar-refractivity contribution in [3.63, 3.8) is 0 Å². The van der Waals surface area contributed by atoms with Crippen LogP contribution in [0.4, 0.5) is 4.39 Å². The van der Waals surface area contributed by atoms with Crippen LogP contribution in [0, 0.1) is 24.1 Å². The molecule has 0 fully saturated rings. The number of pyridine rings is 1. The van der Waals surface area contributed by atoms with E-state index in [-0.39, 0.29) is 32.0 Å². The Morgan fingerprint density at radius 3 is 2.81 bits per heavy atom. The van der Waals surface area contributed by atoms with Crippen LogP contribution in [-0.4, -0.2) is 21.1 Å². The Labute approximate surface area is 156 Å². The Bertz CT molecular complexity index is 1130. The second kappa shape index (κ2) is 7.33. The number of benzene rings is 1. The van der Waals surface area contributed by atoms with E-state index in [0.29, 0.717) is 22.2 Å². The first-order chi connectivity index (χ1) is 12.9. The van der Waals surface area contributed by atoms with E-state index >= 15 is 0 Å². The van der Waals surface area contributed by atoms with E-state index in [1.54, 1.807) is 19.9 Å². The number of carbonyl (C=O) groups excluding carboxylic acids is 1. The molecule has 1 amide bonds. The molecule has 27 heavy (non-hydrogen) atoms. The molecular formula is C19H20FN5O2. The summed E-state index contributed by atoms with van der Waals surface area (Å²) in [6.45, 7) is 3.41. The molecule has 0 unspecified atom stereocenters. The molecule has 8 heteroatoms. The molecule has 0 aliphatic carbocycles. The van der Waals surface area contributed by atoms with Crippen molar-refractivity contribution in [2.24, 2.45) is 0 Å². The number of aryl methyl sites for hydroxylation is 1. The van der Waals surface area contributed by atoms with Crippen molar-refractivity contribution in [3.05, 3.63) is 69.0 Å². The van der Waals surface area contributed by atoms with Crippen molar-refractivity contribution in [2.75, 3.05) is 0 Å². The molecule has 0 bridgehead atoms. The number of nitrogens with zero attached hydrogens (tertiary/aromatic N) is 3. The average Bonchev–Trinajstić information content (AvgIpc) is 2.66. The molecular weight excluding hydrogens is 349 g/mol. The summed E-state index contributed by atoms with van der Waals surface area (Å²) in [6, 6.07) is 8.63. The van der Waals surface area contributed by atoms with Crippen LogP contribution >= 0.6 is 0 Å². The highest BCUT2D eigenvalue weighted by Crippen LogP contribution is 2.19. The predicted octanol–water partition coefficient (Wildman–Crippen LogP) is 2.55. The van der Waals surface area contributed by atoms with Crippen LogP contribution in [0.15, 0.2) is 35.1 Å². The molecule has 3 rings (SSSR count). The third kappa shape index (κ3) is 3.82. The fraction of sp³-hybridized carbons (Fsp3) is 0.211. The highest BCUT2D eigenvalue weighted by Gasteiger charge is 2.16. The number of hydrogen-bond acceptors (Lipinski definition) is 5. The highest BCUT2D eigenvalue weighted by atomic mass is 19.1. The summed E-state index contributed by atoms with van der Waals surface area (Å²) >= 11 is 0. The number of carbonyl (C=O) groups is 1. The molecule has 1 aromatic carbocycles. The van der Waals surface area contributed by atoms with Gasteiger partial charge in [0.05, 0.1) is 18.2 Å². The number of amides is 1. The van der Waals surface area contributed by atoms with E-state index in [1.807, 2.05) is 6.07 Å². The first-order valence-corrected chi connectivity index (χ1v) is 8.23. The molecule has 1 atom stereocenters. The smallest absolute Gasteiger partial charge is 0.252 e. The van der Waals surface area contributed by atoms with Gasteiger partial charge in [-0.2, -0.15) is 10.4 Å². The zero-order valence-electron chi connectivity index (χ0n) is 14.7. The summed E-state index contributed by atoms with van der Waals surface area (Å²) in [6.07, 6.45) is -0.151. The summed E-state index contributed by atoms with van der Waals surface area (Å²) in [5.74, 6) is -0.793. The van der Waals surface area contributed by atoms with E-state index in [9.17, 15) is 14.0 Å². The number of aromatic nitrogens is 3. The molecule has 0 saturated heterocycles. The fourth-order valence-electron chi connectivity index (χ4n) is 2.84. The van der Waals surface area contributed by atoms with Crippen molar-refractivity contribution >= 4 is 16.8 Å². The monoisotopic (exact) mass is 369 g/mol. The second-order valence-electron chi connectivity index (χ2n) is 6.17. The van der Waals surface area contributed by atoms with Gasteiger partial charge in [0.25, 0.3) is 5.56 Å². The van der Waals surface area contributed by atoms with Gasteiger partial charge in [-0.15, -0.1) is 5.10 Å². The van der Waals surface area contributed by atoms with Gasteiger partial charge in [0.2, 0.25) is 5.91 Å². The number of nitriles is 1. The van der Waals surface area contributed by atoms with Crippen LogP contribution in [-0.2, 0) is 11.2 Å². The van der Waals surface area contributed by atoms with Crippen molar-refractivity contribution < 1.29 is 12.0 Å². The third-order valence-electron chi connectivity index (χ3n) is 4.32. The predicted molar refractivity (Wildman–Crippen MR) is 101 cm³/mol. The number of aromatic amines is 1. The minimum absolute atomic E-state index is 0. The van der Waals surface area contributed by atoms with Crippen molar-refractivity contribution in [3.8, 4) is 6.07 Å². The Morgan fingerprint density at radius 1 is 1.37 bits per heavy atom. The number of hydrogen-bond donors (Lipinski definition) is 2. The van der Waals surface area contributed by atoms with Gasteiger partial charge in [-0.3, -0.25) is 9.59 Å². The standard InChI is InChI=1S/C19H16FN5O2.2H2/c1-10-14-7-12(20)3-5-17(14)23-19(27)15(10)8-18(26)22-11(2)16-6-4-13(9-21)24-25-16;;/h3-7,11H,8H2,1-2H3,(H,22,26)(H,23,27);2*1H/t11-;;/m0../s1. The third-order valence-corrected chi connectivity index (χ3v) is 4.32. The van der Waals surface area contributed by atoms with Gasteiger partial charge in [0, 0.05) is 19.3 Å². The van der Waals surface area contributed by atoms with Gasteiger partial charge in [-0.1, -0.05) is 0 Å². The molecule has 0 saturated carbocycles. The van der Waals surface area contributed by atoms with Crippen LogP contribution < -0.4 is 10.9 Å². The van der Waals surface area contributed by atoms with Gasteiger partial charge in [0.15, 0.2) is 5.69 Å². The van der Waals surface area contributed by atoms with Crippen LogP contribution in [0.1, 0.15) is 38.3 Å². The van der Waals surface area contributed by atoms with Crippen molar-refractivity contribution in [2.45, 2.75) is 26.3 Å². The number of nitrogens with one attached hydrogen (secondary N) is 2. The van der Waals surface area contributed by atoms with Gasteiger partial charge >= 0.3 is 0 Å². The van der Waals surface area contributed by atoms with E-state index in [2.05, 4.69) is 20.5 Å². The molecule has 0 aliphatic heterocycles. The number of halogens is 1. The Morgan fingerprint density at radius 2 is 2.15 bits per heavy atom. The molecule has 0 radical (unpaired) electrons. The van der Waals surface area contributed by atoms with Gasteiger partial charge in [-0.25, -0.2) is 4.39 Å². The van der Waals surface area contributed by atoms with E-state index < -0.39 is 11.9 Å². The maximum absolute atomic E-state index is 13.5. The lowest BCUT2D eigenvalue weighted by Gasteiger charge is -2.14. The van der Waals surface area contributed by atoms with Gasteiger partial charge in [-0.05, 0) is 49.7 Å². The summed E-state index contributed by atoms with van der Waals surface area (Å²) in [5.41, 5.74) is 1.66. The number of fused-ring (bicyclic) bond motifs is 1. The average molecular weight is 369 g/mol. The maximum Gasteiger partial charge on any atom is 0.252 e. The quantitative estimate of drug-likeness (QED) is 0.734.